The first-order valence-corrected chi connectivity index (χ1v) is 12.0. The van der Waals surface area contributed by atoms with Crippen LogP contribution >= 0.6 is 0 Å². The molecule has 0 bridgehead atoms. The van der Waals surface area contributed by atoms with Gasteiger partial charge in [0.05, 0.1) is 18.6 Å². The van der Waals surface area contributed by atoms with Gasteiger partial charge in [-0.2, -0.15) is 0 Å². The van der Waals surface area contributed by atoms with Crippen molar-refractivity contribution in [2.45, 2.75) is 57.3 Å². The predicted molar refractivity (Wildman–Crippen MR) is 130 cm³/mol. The van der Waals surface area contributed by atoms with Crippen LogP contribution in [0, 0.1) is 0 Å². The van der Waals surface area contributed by atoms with Crippen LogP contribution in [0.25, 0.3) is 0 Å². The Balaban J connectivity index is 1.61. The van der Waals surface area contributed by atoms with E-state index in [0.717, 1.165) is 0 Å². The highest BCUT2D eigenvalue weighted by atomic mass is 16.3. The summed E-state index contributed by atoms with van der Waals surface area (Å²) in [7, 11) is 0. The lowest BCUT2D eigenvalue weighted by atomic mass is 10.1. The number of nitrogens with one attached hydrogen (secondary N) is 4. The summed E-state index contributed by atoms with van der Waals surface area (Å²) in [5.41, 5.74) is 5.50. The van der Waals surface area contributed by atoms with Gasteiger partial charge in [-0.25, -0.2) is 4.79 Å². The number of carbonyl (C=O) groups excluding carboxylic acids is 5. The molecule has 13 nitrogen and oxygen atoms in total. The molecular weight excluding hydrogens is 484 g/mol. The monoisotopic (exact) mass is 516 g/mol. The lowest BCUT2D eigenvalue weighted by Crippen LogP contribution is -2.52. The number of hydrogen-bond donors (Lipinski definition) is 5. The topological polar surface area (TPSA) is 189 Å². The van der Waals surface area contributed by atoms with Gasteiger partial charge in [0.2, 0.25) is 11.8 Å². The maximum atomic E-state index is 13.2. The number of likely N-dealkylation sites (tertiary alicyclic amines) is 1. The van der Waals surface area contributed by atoms with Crippen molar-refractivity contribution in [2.24, 2.45) is 5.73 Å². The average molecular weight is 517 g/mol. The van der Waals surface area contributed by atoms with E-state index >= 15 is 0 Å². The van der Waals surface area contributed by atoms with Gasteiger partial charge < -0.3 is 40.7 Å². The molecule has 1 aliphatic rings. The minimum absolute atomic E-state index is 0.0452. The minimum atomic E-state index is -1.02. The van der Waals surface area contributed by atoms with E-state index in [1.807, 2.05) is 13.8 Å². The highest BCUT2D eigenvalue weighted by molar-refractivity contribution is 5.97. The summed E-state index contributed by atoms with van der Waals surface area (Å²) in [4.78, 5) is 63.7. The first-order chi connectivity index (χ1) is 17.7. The van der Waals surface area contributed by atoms with E-state index in [1.165, 1.54) is 29.6 Å². The zero-order valence-electron chi connectivity index (χ0n) is 20.7. The smallest absolute Gasteiger partial charge is 0.315 e. The normalized spacial score (nSPS) is 17.8. The largest absolute Gasteiger partial charge is 0.459 e. The molecule has 3 atom stereocenters. The molecule has 1 saturated heterocycles. The Morgan fingerprint density at radius 2 is 1.73 bits per heavy atom. The number of hydrogen-bond acceptors (Lipinski definition) is 7. The molecule has 2 aromatic heterocycles. The van der Waals surface area contributed by atoms with Gasteiger partial charge in [-0.15, -0.1) is 0 Å². The molecule has 3 heterocycles. The number of nitrogens with zero attached hydrogens (tertiary/aromatic N) is 1. The van der Waals surface area contributed by atoms with Gasteiger partial charge in [0.1, 0.15) is 12.1 Å². The predicted octanol–water partition coefficient (Wildman–Crippen LogP) is 0.344. The molecule has 1 fully saturated rings. The summed E-state index contributed by atoms with van der Waals surface area (Å²) >= 11 is 0. The van der Waals surface area contributed by atoms with Crippen molar-refractivity contribution in [3.8, 4) is 0 Å². The molecule has 0 aromatic carbocycles. The van der Waals surface area contributed by atoms with E-state index in [2.05, 4.69) is 21.3 Å². The van der Waals surface area contributed by atoms with Crippen molar-refractivity contribution in [3.05, 3.63) is 48.3 Å². The molecule has 0 spiro atoms. The number of carbonyl (C=O) groups is 5. The highest BCUT2D eigenvalue weighted by Gasteiger charge is 2.42. The van der Waals surface area contributed by atoms with Crippen LogP contribution in [0.1, 0.15) is 54.2 Å². The second kappa shape index (κ2) is 12.6. The van der Waals surface area contributed by atoms with E-state index < -0.39 is 47.8 Å². The molecule has 0 radical (unpaired) electrons. The third-order valence-electron chi connectivity index (χ3n) is 5.71. The van der Waals surface area contributed by atoms with E-state index in [-0.39, 0.29) is 43.5 Å². The molecule has 6 N–H and O–H groups in total. The fraction of sp³-hybridized carbons (Fsp3) is 0.458. The van der Waals surface area contributed by atoms with Crippen molar-refractivity contribution in [1.29, 1.82) is 0 Å². The van der Waals surface area contributed by atoms with Gasteiger partial charge in [-0.3, -0.25) is 19.2 Å². The number of amides is 6. The maximum Gasteiger partial charge on any atom is 0.315 e. The van der Waals surface area contributed by atoms with E-state index in [1.54, 1.807) is 12.1 Å². The van der Waals surface area contributed by atoms with Crippen LogP contribution < -0.4 is 27.0 Å². The van der Waals surface area contributed by atoms with Crippen LogP contribution in [0.4, 0.5) is 4.79 Å². The Kier molecular flexibility index (Phi) is 9.30. The van der Waals surface area contributed by atoms with Crippen molar-refractivity contribution in [1.82, 2.24) is 26.2 Å². The van der Waals surface area contributed by atoms with Crippen molar-refractivity contribution in [2.75, 3.05) is 13.1 Å². The zero-order chi connectivity index (χ0) is 26.9. The lowest BCUT2D eigenvalue weighted by molar-refractivity contribution is -0.129. The molecule has 0 unspecified atom stereocenters. The molecule has 0 saturated carbocycles. The first kappa shape index (κ1) is 27.3. The summed E-state index contributed by atoms with van der Waals surface area (Å²) in [6.45, 7) is 3.92. The Bertz CT molecular complexity index is 1080. The second-order valence-electron chi connectivity index (χ2n) is 8.99. The van der Waals surface area contributed by atoms with Crippen LogP contribution in [0.3, 0.4) is 0 Å². The third kappa shape index (κ3) is 7.59. The fourth-order valence-electron chi connectivity index (χ4n) is 4.00. The Hall–Kier alpha value is -4.29. The molecule has 2 aromatic rings. The number of primary amides is 1. The number of nitrogens with two attached hydrogens (primary N) is 1. The Morgan fingerprint density at radius 1 is 1.05 bits per heavy atom. The first-order valence-electron chi connectivity index (χ1n) is 12.0. The summed E-state index contributed by atoms with van der Waals surface area (Å²) in [6, 6.07) is 3.13. The van der Waals surface area contributed by atoms with Gasteiger partial charge in [-0.05, 0) is 57.4 Å². The van der Waals surface area contributed by atoms with Gasteiger partial charge in [0, 0.05) is 19.1 Å². The lowest BCUT2D eigenvalue weighted by Gasteiger charge is -2.25. The van der Waals surface area contributed by atoms with Crippen LogP contribution in [-0.2, 0) is 9.59 Å². The molecular formula is C24H32N6O7. The van der Waals surface area contributed by atoms with Crippen LogP contribution in [0.2, 0.25) is 0 Å². The summed E-state index contributed by atoms with van der Waals surface area (Å²) in [5.74, 6) is -2.05. The standard InChI is InChI=1S/C24H32N6O7/c1-14(2)27-24(35)28-15-12-17(30(13-15)23(34)19-8-5-11-37-19)21(32)29-16(20(25)31)6-3-9-26-22(33)18-7-4-10-36-18/h4-5,7-8,10-11,14-17H,3,6,9,12-13H2,1-2H3,(H2,25,31)(H,26,33)(H,29,32)(H2,27,28,35)/t15-,16-,17-/m0/s1. The molecule has 3 rings (SSSR count). The van der Waals surface area contributed by atoms with Gasteiger partial charge in [0.25, 0.3) is 11.8 Å². The second-order valence-corrected chi connectivity index (χ2v) is 8.99. The average Bonchev–Trinajstić information content (AvgIpc) is 3.61. The molecule has 37 heavy (non-hydrogen) atoms. The molecule has 1 aliphatic heterocycles. The van der Waals surface area contributed by atoms with E-state index in [0.29, 0.717) is 6.42 Å². The van der Waals surface area contributed by atoms with Gasteiger partial charge >= 0.3 is 6.03 Å². The van der Waals surface area contributed by atoms with Gasteiger partial charge in [-0.1, -0.05) is 0 Å². The summed E-state index contributed by atoms with van der Waals surface area (Å²) in [5, 5.41) is 10.7. The van der Waals surface area contributed by atoms with Crippen molar-refractivity contribution < 1.29 is 32.8 Å². The van der Waals surface area contributed by atoms with Crippen LogP contribution in [-0.4, -0.2) is 71.8 Å². The Morgan fingerprint density at radius 3 is 2.32 bits per heavy atom. The van der Waals surface area contributed by atoms with E-state index in [9.17, 15) is 24.0 Å². The highest BCUT2D eigenvalue weighted by Crippen LogP contribution is 2.22. The number of rotatable bonds is 11. The molecule has 0 aliphatic carbocycles. The van der Waals surface area contributed by atoms with Crippen LogP contribution in [0.5, 0.6) is 0 Å². The molecule has 200 valence electrons. The van der Waals surface area contributed by atoms with Crippen molar-refractivity contribution >= 4 is 29.7 Å². The van der Waals surface area contributed by atoms with Crippen LogP contribution in [0.15, 0.2) is 45.6 Å². The van der Waals surface area contributed by atoms with Gasteiger partial charge in [0.15, 0.2) is 11.5 Å². The molecule has 6 amide bonds. The minimum Gasteiger partial charge on any atom is -0.459 e. The van der Waals surface area contributed by atoms with Crippen molar-refractivity contribution in [3.63, 3.8) is 0 Å². The maximum absolute atomic E-state index is 13.2. The quantitative estimate of drug-likeness (QED) is 0.266. The SMILES string of the molecule is CC(C)NC(=O)N[C@H]1C[C@@H](C(=O)N[C@@H](CCCNC(=O)c2ccco2)C(N)=O)N(C(=O)c2ccco2)C1. The zero-order valence-corrected chi connectivity index (χ0v) is 20.7. The number of urea groups is 1. The summed E-state index contributed by atoms with van der Waals surface area (Å²) < 4.78 is 10.2. The fourth-order valence-corrected chi connectivity index (χ4v) is 4.00. The van der Waals surface area contributed by atoms with E-state index in [4.69, 9.17) is 14.6 Å². The Labute approximate surface area is 213 Å². The summed E-state index contributed by atoms with van der Waals surface area (Å²) in [6.07, 6.45) is 3.37. The molecule has 13 heteroatoms. The number of furan rings is 2. The third-order valence-corrected chi connectivity index (χ3v) is 5.71.